The van der Waals surface area contributed by atoms with Crippen molar-refractivity contribution < 1.29 is 43.9 Å². The van der Waals surface area contributed by atoms with Crippen LogP contribution in [0.25, 0.3) is 0 Å². The predicted octanol–water partition coefficient (Wildman–Crippen LogP) is 5.64. The Morgan fingerprint density at radius 2 is 0.724 bits per heavy atom. The Bertz CT molecular complexity index is 824. The molecule has 0 aromatic heterocycles. The van der Waals surface area contributed by atoms with E-state index in [4.69, 9.17) is 11.5 Å². The van der Waals surface area contributed by atoms with Crippen LogP contribution < -0.4 is 11.5 Å². The molecule has 2 nitrogen and oxygen atoms in total. The van der Waals surface area contributed by atoms with E-state index < -0.39 is 52.1 Å². The van der Waals surface area contributed by atoms with Gasteiger partial charge in [-0.1, -0.05) is 36.4 Å². The molecule has 0 amide bonds. The van der Waals surface area contributed by atoms with Gasteiger partial charge in [-0.2, -0.15) is 43.9 Å². The van der Waals surface area contributed by atoms with Crippen molar-refractivity contribution in [3.8, 4) is 0 Å². The molecule has 0 saturated carbocycles. The van der Waals surface area contributed by atoms with E-state index in [1.165, 1.54) is 0 Å². The topological polar surface area (TPSA) is 52.0 Å². The van der Waals surface area contributed by atoms with Gasteiger partial charge in [0, 0.05) is 11.4 Å². The van der Waals surface area contributed by atoms with Crippen molar-refractivity contribution in [2.45, 2.75) is 29.6 Å². The molecule has 29 heavy (non-hydrogen) atoms. The Morgan fingerprint density at radius 3 is 1.00 bits per heavy atom. The second-order valence-electron chi connectivity index (χ2n) is 6.05. The van der Waals surface area contributed by atoms with Crippen LogP contribution in [0, 0.1) is 0 Å². The summed E-state index contributed by atoms with van der Waals surface area (Å²) < 4.78 is 141. The smallest absolute Gasteiger partial charge is 0.385 e. The van der Waals surface area contributed by atoms with Gasteiger partial charge in [-0.05, 0) is 12.1 Å². The number of anilines is 2. The first-order chi connectivity index (χ1) is 13.0. The molecule has 0 fully saturated rings. The minimum atomic E-state index is -7.22. The van der Waals surface area contributed by atoms with Crippen LogP contribution in [-0.2, 0) is 11.8 Å². The number of nitrogens with two attached hydrogens (primary N) is 2. The maximum Gasteiger partial charge on any atom is 0.385 e. The monoisotopic (exact) mass is 434 g/mol. The van der Waals surface area contributed by atoms with Crippen LogP contribution in [0.3, 0.4) is 0 Å². The molecule has 0 radical (unpaired) electrons. The second-order valence-corrected chi connectivity index (χ2v) is 6.05. The number of benzene rings is 2. The summed E-state index contributed by atoms with van der Waals surface area (Å²) in [7, 11) is 0. The van der Waals surface area contributed by atoms with Gasteiger partial charge in [-0.3, -0.25) is 0 Å². The molecular formula is C17H12F10N2. The minimum absolute atomic E-state index is 0.185. The highest BCUT2D eigenvalue weighted by molar-refractivity contribution is 5.51. The molecule has 2 rings (SSSR count). The van der Waals surface area contributed by atoms with Crippen LogP contribution in [0.4, 0.5) is 55.3 Å². The van der Waals surface area contributed by atoms with Crippen LogP contribution >= 0.6 is 0 Å². The average molecular weight is 434 g/mol. The molecule has 0 aliphatic carbocycles. The highest BCUT2D eigenvalue weighted by Gasteiger charge is 2.86. The van der Waals surface area contributed by atoms with Gasteiger partial charge in [-0.15, -0.1) is 0 Å². The average Bonchev–Trinajstić information content (AvgIpc) is 2.61. The molecule has 0 aliphatic rings. The Morgan fingerprint density at radius 1 is 0.448 bits per heavy atom. The second kappa shape index (κ2) is 6.70. The van der Waals surface area contributed by atoms with Crippen LogP contribution in [0.2, 0.25) is 0 Å². The highest BCUT2D eigenvalue weighted by Crippen LogP contribution is 2.62. The van der Waals surface area contributed by atoms with E-state index in [1.54, 1.807) is 0 Å². The van der Waals surface area contributed by atoms with Gasteiger partial charge in [0.05, 0.1) is 11.1 Å². The standard InChI is InChI=1S/C17H12F10N2/c18-13(19,9-5-1-3-7-11(9)28)15(22,23)17(26,27)16(24,25)14(20,21)10-6-2-4-8-12(10)29/h1-8H,28-29H2. The van der Waals surface area contributed by atoms with E-state index in [1.807, 2.05) is 0 Å². The molecule has 160 valence electrons. The Hall–Kier alpha value is -2.66. The Kier molecular flexibility index (Phi) is 5.23. The van der Waals surface area contributed by atoms with E-state index in [0.717, 1.165) is 12.1 Å². The van der Waals surface area contributed by atoms with Gasteiger partial charge in [0.25, 0.3) is 0 Å². The number of alkyl halides is 10. The van der Waals surface area contributed by atoms with Crippen LogP contribution in [0.1, 0.15) is 11.1 Å². The Balaban J connectivity index is 2.65. The van der Waals surface area contributed by atoms with Crippen LogP contribution in [0.5, 0.6) is 0 Å². The van der Waals surface area contributed by atoms with Crippen molar-refractivity contribution >= 4 is 11.4 Å². The molecule has 2 aromatic rings. The molecule has 12 heteroatoms. The molecule has 0 atom stereocenters. The first kappa shape index (κ1) is 22.6. The zero-order valence-corrected chi connectivity index (χ0v) is 14.1. The summed E-state index contributed by atoms with van der Waals surface area (Å²) in [4.78, 5) is 0. The quantitative estimate of drug-likeness (QED) is 0.457. The normalized spacial score (nSPS) is 14.1. The summed E-state index contributed by atoms with van der Waals surface area (Å²) in [5.74, 6) is -33.2. The summed E-state index contributed by atoms with van der Waals surface area (Å²) in [6.45, 7) is 0. The number of para-hydroxylation sites is 2. The van der Waals surface area contributed by atoms with Gasteiger partial charge >= 0.3 is 29.6 Å². The zero-order chi connectivity index (χ0) is 22.5. The first-order valence-corrected chi connectivity index (χ1v) is 7.62. The van der Waals surface area contributed by atoms with E-state index in [9.17, 15) is 43.9 Å². The van der Waals surface area contributed by atoms with E-state index >= 15 is 0 Å². The fourth-order valence-electron chi connectivity index (χ4n) is 2.50. The van der Waals surface area contributed by atoms with Crippen molar-refractivity contribution in [3.63, 3.8) is 0 Å². The Labute approximate surface area is 157 Å². The third-order valence-electron chi connectivity index (χ3n) is 4.18. The number of hydrogen-bond acceptors (Lipinski definition) is 2. The van der Waals surface area contributed by atoms with Crippen molar-refractivity contribution in [1.82, 2.24) is 0 Å². The van der Waals surface area contributed by atoms with E-state index in [2.05, 4.69) is 0 Å². The molecule has 0 spiro atoms. The van der Waals surface area contributed by atoms with E-state index in [-0.39, 0.29) is 12.1 Å². The van der Waals surface area contributed by atoms with Crippen molar-refractivity contribution in [2.24, 2.45) is 0 Å². The van der Waals surface area contributed by atoms with Gasteiger partial charge in [-0.25, -0.2) is 0 Å². The summed E-state index contributed by atoms with van der Waals surface area (Å²) in [6, 6.07) is 4.97. The fraction of sp³-hybridized carbons (Fsp3) is 0.294. The lowest BCUT2D eigenvalue weighted by atomic mass is 9.87. The zero-order valence-electron chi connectivity index (χ0n) is 14.1. The number of nitrogen functional groups attached to an aromatic ring is 2. The summed E-state index contributed by atoms with van der Waals surface area (Å²) in [6.07, 6.45) is 0. The molecule has 0 saturated heterocycles. The fourth-order valence-corrected chi connectivity index (χ4v) is 2.50. The van der Waals surface area contributed by atoms with Gasteiger partial charge in [0.2, 0.25) is 0 Å². The van der Waals surface area contributed by atoms with Crippen molar-refractivity contribution in [1.29, 1.82) is 0 Å². The molecule has 0 unspecified atom stereocenters. The SMILES string of the molecule is Nc1ccccc1C(F)(F)C(F)(F)C(F)(F)C(F)(F)C(F)(F)c1ccccc1N. The molecule has 0 bridgehead atoms. The molecule has 4 N–H and O–H groups in total. The predicted molar refractivity (Wildman–Crippen MR) is 84.3 cm³/mol. The minimum Gasteiger partial charge on any atom is -0.398 e. The summed E-state index contributed by atoms with van der Waals surface area (Å²) >= 11 is 0. The third-order valence-corrected chi connectivity index (χ3v) is 4.18. The van der Waals surface area contributed by atoms with E-state index in [0.29, 0.717) is 24.3 Å². The van der Waals surface area contributed by atoms with Crippen LogP contribution in [0.15, 0.2) is 48.5 Å². The maximum absolute atomic E-state index is 14.2. The largest absolute Gasteiger partial charge is 0.398 e. The lowest BCUT2D eigenvalue weighted by molar-refractivity contribution is -0.407. The molecule has 0 heterocycles. The van der Waals surface area contributed by atoms with Crippen LogP contribution in [-0.4, -0.2) is 17.8 Å². The van der Waals surface area contributed by atoms with Gasteiger partial charge < -0.3 is 11.5 Å². The molecule has 0 aliphatic heterocycles. The number of hydrogen-bond donors (Lipinski definition) is 2. The lowest BCUT2D eigenvalue weighted by Crippen LogP contribution is -2.65. The number of halogens is 10. The lowest BCUT2D eigenvalue weighted by Gasteiger charge is -2.40. The molecule has 2 aromatic carbocycles. The highest BCUT2D eigenvalue weighted by atomic mass is 19.4. The molecular weight excluding hydrogens is 422 g/mol. The van der Waals surface area contributed by atoms with Gasteiger partial charge in [0.15, 0.2) is 0 Å². The van der Waals surface area contributed by atoms with Gasteiger partial charge in [0.1, 0.15) is 0 Å². The van der Waals surface area contributed by atoms with Crippen molar-refractivity contribution in [2.75, 3.05) is 11.5 Å². The summed E-state index contributed by atoms with van der Waals surface area (Å²) in [5, 5.41) is 0. The first-order valence-electron chi connectivity index (χ1n) is 7.62. The summed E-state index contributed by atoms with van der Waals surface area (Å²) in [5.41, 5.74) is 3.97. The van der Waals surface area contributed by atoms with Crippen molar-refractivity contribution in [3.05, 3.63) is 59.7 Å². The number of rotatable bonds is 6. The maximum atomic E-state index is 14.2. The third kappa shape index (κ3) is 3.04.